The predicted octanol–water partition coefficient (Wildman–Crippen LogP) is 3.36. The van der Waals surface area contributed by atoms with Crippen LogP contribution in [0.5, 0.6) is 0 Å². The number of esters is 1. The molecule has 0 bridgehead atoms. The highest BCUT2D eigenvalue weighted by Gasteiger charge is 2.35. The van der Waals surface area contributed by atoms with Gasteiger partial charge < -0.3 is 24.2 Å². The smallest absolute Gasteiger partial charge is 0.409 e. The van der Waals surface area contributed by atoms with Gasteiger partial charge in [-0.25, -0.2) is 14.4 Å². The van der Waals surface area contributed by atoms with E-state index in [2.05, 4.69) is 0 Å². The van der Waals surface area contributed by atoms with Gasteiger partial charge in [0.25, 0.3) is 0 Å². The lowest BCUT2D eigenvalue weighted by atomic mass is 10.0. The first-order valence-corrected chi connectivity index (χ1v) is 11.0. The van der Waals surface area contributed by atoms with E-state index < -0.39 is 12.0 Å². The maximum absolute atomic E-state index is 13.0. The van der Waals surface area contributed by atoms with E-state index in [1.54, 1.807) is 16.8 Å². The molecule has 3 amide bonds. The molecule has 0 saturated carbocycles. The fourth-order valence-corrected chi connectivity index (χ4v) is 3.51. The van der Waals surface area contributed by atoms with E-state index in [-0.39, 0.29) is 24.6 Å². The summed E-state index contributed by atoms with van der Waals surface area (Å²) in [4.78, 5) is 42.6. The Morgan fingerprint density at radius 3 is 2.19 bits per heavy atom. The van der Waals surface area contributed by atoms with Crippen LogP contribution in [-0.2, 0) is 20.9 Å². The van der Waals surface area contributed by atoms with Crippen LogP contribution in [0.15, 0.2) is 30.3 Å². The number of urea groups is 1. The molecule has 1 aromatic carbocycles. The van der Waals surface area contributed by atoms with Gasteiger partial charge in [-0.1, -0.05) is 57.5 Å². The van der Waals surface area contributed by atoms with E-state index in [4.69, 9.17) is 9.47 Å². The second-order valence-electron chi connectivity index (χ2n) is 8.12. The van der Waals surface area contributed by atoms with Crippen molar-refractivity contribution in [3.63, 3.8) is 0 Å². The van der Waals surface area contributed by atoms with Crippen molar-refractivity contribution < 1.29 is 23.9 Å². The third-order valence-electron chi connectivity index (χ3n) is 5.35. The maximum atomic E-state index is 13.0. The molecule has 8 heteroatoms. The lowest BCUT2D eigenvalue weighted by molar-refractivity contribution is -0.151. The molecule has 0 aromatic heterocycles. The first-order valence-electron chi connectivity index (χ1n) is 11.0. The molecule has 2 rings (SSSR count). The number of ether oxygens (including phenoxy) is 2. The predicted molar refractivity (Wildman–Crippen MR) is 117 cm³/mol. The summed E-state index contributed by atoms with van der Waals surface area (Å²) in [5.74, 6) is -0.528. The molecule has 0 unspecified atom stereocenters. The number of amides is 3. The minimum absolute atomic E-state index is 0.105. The quantitative estimate of drug-likeness (QED) is 0.464. The first kappa shape index (κ1) is 24.5. The average Bonchev–Trinajstić information content (AvgIpc) is 2.78. The SMILES string of the molecule is CCCCOC(=O)N1CCN(C(=O)N(C)[C@H](C(=O)OCc2ccccc2)C(C)C)CC1. The lowest BCUT2D eigenvalue weighted by Gasteiger charge is -2.38. The molecule has 1 aliphatic heterocycles. The number of carbonyl (C=O) groups excluding carboxylic acids is 3. The van der Waals surface area contributed by atoms with E-state index in [9.17, 15) is 14.4 Å². The van der Waals surface area contributed by atoms with Crippen LogP contribution in [-0.4, -0.2) is 78.7 Å². The summed E-state index contributed by atoms with van der Waals surface area (Å²) in [6.07, 6.45) is 1.47. The van der Waals surface area contributed by atoms with Gasteiger partial charge in [-0.3, -0.25) is 0 Å². The van der Waals surface area contributed by atoms with Crippen molar-refractivity contribution in [3.05, 3.63) is 35.9 Å². The van der Waals surface area contributed by atoms with Crippen LogP contribution < -0.4 is 0 Å². The van der Waals surface area contributed by atoms with Crippen LogP contribution in [0.3, 0.4) is 0 Å². The summed E-state index contributed by atoms with van der Waals surface area (Å²) >= 11 is 0. The Morgan fingerprint density at radius 2 is 1.61 bits per heavy atom. The largest absolute Gasteiger partial charge is 0.459 e. The number of hydrogen-bond acceptors (Lipinski definition) is 5. The lowest BCUT2D eigenvalue weighted by Crippen LogP contribution is -2.57. The molecule has 0 N–H and O–H groups in total. The van der Waals surface area contributed by atoms with E-state index in [1.165, 1.54) is 4.90 Å². The highest BCUT2D eigenvalue weighted by atomic mass is 16.6. The van der Waals surface area contributed by atoms with Crippen LogP contribution in [0, 0.1) is 5.92 Å². The number of rotatable bonds is 8. The summed E-state index contributed by atoms with van der Waals surface area (Å²) in [5, 5.41) is 0. The molecule has 1 heterocycles. The van der Waals surface area contributed by atoms with Crippen LogP contribution in [0.2, 0.25) is 0 Å². The van der Waals surface area contributed by atoms with Gasteiger partial charge >= 0.3 is 18.1 Å². The molecule has 0 spiro atoms. The molecule has 1 aromatic rings. The highest BCUT2D eigenvalue weighted by molar-refractivity contribution is 5.84. The molecule has 1 saturated heterocycles. The van der Waals surface area contributed by atoms with E-state index >= 15 is 0 Å². The molecule has 1 atom stereocenters. The summed E-state index contributed by atoms with van der Waals surface area (Å²) in [7, 11) is 1.63. The zero-order valence-electron chi connectivity index (χ0n) is 19.1. The van der Waals surface area contributed by atoms with Gasteiger partial charge in [0.1, 0.15) is 12.6 Å². The number of hydrogen-bond donors (Lipinski definition) is 0. The van der Waals surface area contributed by atoms with Gasteiger partial charge in [0.2, 0.25) is 0 Å². The molecular weight excluding hydrogens is 398 g/mol. The van der Waals surface area contributed by atoms with Crippen molar-refractivity contribution in [2.75, 3.05) is 39.8 Å². The Kier molecular flexibility index (Phi) is 9.62. The Balaban J connectivity index is 1.89. The molecule has 172 valence electrons. The van der Waals surface area contributed by atoms with E-state index in [0.29, 0.717) is 32.8 Å². The number of unbranched alkanes of at least 4 members (excludes halogenated alkanes) is 1. The summed E-state index contributed by atoms with van der Waals surface area (Å²) < 4.78 is 10.7. The molecule has 1 fully saturated rings. The normalized spacial score (nSPS) is 14.9. The van der Waals surface area contributed by atoms with Crippen molar-refractivity contribution in [3.8, 4) is 0 Å². The monoisotopic (exact) mass is 433 g/mol. The van der Waals surface area contributed by atoms with Crippen molar-refractivity contribution in [2.24, 2.45) is 5.92 Å². The Morgan fingerprint density at radius 1 is 1.00 bits per heavy atom. The van der Waals surface area contributed by atoms with Crippen molar-refractivity contribution in [2.45, 2.75) is 46.3 Å². The molecular formula is C23H35N3O5. The molecule has 31 heavy (non-hydrogen) atoms. The maximum Gasteiger partial charge on any atom is 0.409 e. The molecule has 8 nitrogen and oxygen atoms in total. The van der Waals surface area contributed by atoms with E-state index in [1.807, 2.05) is 51.1 Å². The van der Waals surface area contributed by atoms with Gasteiger partial charge in [-0.05, 0) is 17.9 Å². The third kappa shape index (κ3) is 7.15. The second-order valence-corrected chi connectivity index (χ2v) is 8.12. The second kappa shape index (κ2) is 12.2. The van der Waals surface area contributed by atoms with Gasteiger partial charge in [-0.15, -0.1) is 0 Å². The number of carbonyl (C=O) groups is 3. The number of likely N-dealkylation sites (N-methyl/N-ethyl adjacent to an activating group) is 1. The molecule has 0 aliphatic carbocycles. The van der Waals surface area contributed by atoms with Crippen LogP contribution in [0.25, 0.3) is 0 Å². The van der Waals surface area contributed by atoms with Crippen molar-refractivity contribution in [1.82, 2.24) is 14.7 Å². The summed E-state index contributed by atoms with van der Waals surface area (Å²) in [6, 6.07) is 8.52. The van der Waals surface area contributed by atoms with Gasteiger partial charge in [-0.2, -0.15) is 0 Å². The number of piperazine rings is 1. The average molecular weight is 434 g/mol. The number of benzene rings is 1. The van der Waals surface area contributed by atoms with Crippen LogP contribution >= 0.6 is 0 Å². The topological polar surface area (TPSA) is 79.4 Å². The minimum Gasteiger partial charge on any atom is -0.459 e. The van der Waals surface area contributed by atoms with Crippen molar-refractivity contribution >= 4 is 18.1 Å². The Hall–Kier alpha value is -2.77. The zero-order chi connectivity index (χ0) is 22.8. The summed E-state index contributed by atoms with van der Waals surface area (Å²) in [6.45, 7) is 8.03. The van der Waals surface area contributed by atoms with Gasteiger partial charge in [0.15, 0.2) is 0 Å². The Bertz CT molecular complexity index is 717. The van der Waals surface area contributed by atoms with Gasteiger partial charge in [0, 0.05) is 33.2 Å². The van der Waals surface area contributed by atoms with Crippen LogP contribution in [0.1, 0.15) is 39.2 Å². The minimum atomic E-state index is -0.687. The first-order chi connectivity index (χ1) is 14.8. The Labute approximate surface area is 185 Å². The van der Waals surface area contributed by atoms with Crippen LogP contribution in [0.4, 0.5) is 9.59 Å². The fraction of sp³-hybridized carbons (Fsp3) is 0.609. The molecule has 0 radical (unpaired) electrons. The van der Waals surface area contributed by atoms with E-state index in [0.717, 1.165) is 18.4 Å². The number of nitrogens with zero attached hydrogens (tertiary/aromatic N) is 3. The highest BCUT2D eigenvalue weighted by Crippen LogP contribution is 2.16. The standard InChI is InChI=1S/C23H35N3O5/c1-5-6-16-30-23(29)26-14-12-25(13-15-26)22(28)24(4)20(18(2)3)21(27)31-17-19-10-8-7-9-11-19/h7-11,18,20H,5-6,12-17H2,1-4H3/t20-/m0/s1. The fourth-order valence-electron chi connectivity index (χ4n) is 3.51. The zero-order valence-corrected chi connectivity index (χ0v) is 19.1. The summed E-state index contributed by atoms with van der Waals surface area (Å²) in [5.41, 5.74) is 0.897. The molecule has 1 aliphatic rings. The third-order valence-corrected chi connectivity index (χ3v) is 5.35. The van der Waals surface area contributed by atoms with Gasteiger partial charge in [0.05, 0.1) is 6.61 Å². The van der Waals surface area contributed by atoms with Crippen molar-refractivity contribution in [1.29, 1.82) is 0 Å².